The van der Waals surface area contributed by atoms with Crippen LogP contribution in [0.3, 0.4) is 0 Å². The van der Waals surface area contributed by atoms with Crippen molar-refractivity contribution in [2.75, 3.05) is 18.4 Å². The summed E-state index contributed by atoms with van der Waals surface area (Å²) in [5, 5.41) is 5.51. The lowest BCUT2D eigenvalue weighted by atomic mass is 10.2. The average Bonchev–Trinajstić information content (AvgIpc) is 2.35. The number of anilines is 1. The van der Waals surface area contributed by atoms with Gasteiger partial charge >= 0.3 is 0 Å². The second-order valence-corrected chi connectivity index (χ2v) is 3.77. The molecular formula is C12H18N4O2. The zero-order valence-electron chi connectivity index (χ0n) is 10.6. The first-order chi connectivity index (χ1) is 8.56. The molecule has 4 N–H and O–H groups in total. The van der Waals surface area contributed by atoms with E-state index in [2.05, 4.69) is 15.6 Å². The van der Waals surface area contributed by atoms with Gasteiger partial charge in [-0.2, -0.15) is 0 Å². The Labute approximate surface area is 106 Å². The predicted octanol–water partition coefficient (Wildman–Crippen LogP) is 0.291. The Morgan fingerprint density at radius 3 is 2.61 bits per heavy atom. The minimum Gasteiger partial charge on any atom is -0.370 e. The van der Waals surface area contributed by atoms with Crippen LogP contribution in [0.2, 0.25) is 0 Å². The van der Waals surface area contributed by atoms with Crippen molar-refractivity contribution in [3.63, 3.8) is 0 Å². The van der Waals surface area contributed by atoms with Crippen LogP contribution < -0.4 is 16.4 Å². The Morgan fingerprint density at radius 1 is 1.33 bits per heavy atom. The standard InChI is InChI=1S/C12H18N4O2/c1-3-9-5-8(6-11(16-9)14-4-2)12(18)15-7-10(13)17/h5-6H,3-4,7H2,1-2H3,(H2,13,17)(H,14,16)(H,15,18). The van der Waals surface area contributed by atoms with E-state index in [1.165, 1.54) is 0 Å². The Bertz CT molecular complexity index is 446. The summed E-state index contributed by atoms with van der Waals surface area (Å²) in [6.07, 6.45) is 0.731. The summed E-state index contributed by atoms with van der Waals surface area (Å²) in [6, 6.07) is 3.36. The molecule has 0 aliphatic rings. The number of aryl methyl sites for hydroxylation is 1. The minimum atomic E-state index is -0.569. The summed E-state index contributed by atoms with van der Waals surface area (Å²) in [7, 11) is 0. The van der Waals surface area contributed by atoms with Crippen molar-refractivity contribution in [2.45, 2.75) is 20.3 Å². The number of carbonyl (C=O) groups is 2. The first-order valence-electron chi connectivity index (χ1n) is 5.88. The maximum absolute atomic E-state index is 11.8. The van der Waals surface area contributed by atoms with Crippen molar-refractivity contribution in [1.82, 2.24) is 10.3 Å². The molecule has 98 valence electrons. The Morgan fingerprint density at radius 2 is 2.06 bits per heavy atom. The molecule has 0 atom stereocenters. The second-order valence-electron chi connectivity index (χ2n) is 3.77. The molecule has 0 spiro atoms. The minimum absolute atomic E-state index is 0.168. The summed E-state index contributed by atoms with van der Waals surface area (Å²) in [6.45, 7) is 4.47. The molecule has 1 aromatic heterocycles. The third-order valence-corrected chi connectivity index (χ3v) is 2.28. The lowest BCUT2D eigenvalue weighted by molar-refractivity contribution is -0.117. The van der Waals surface area contributed by atoms with Gasteiger partial charge in [0.15, 0.2) is 0 Å². The third kappa shape index (κ3) is 4.04. The van der Waals surface area contributed by atoms with Crippen LogP contribution in [0.1, 0.15) is 29.9 Å². The number of rotatable bonds is 6. The molecular weight excluding hydrogens is 232 g/mol. The third-order valence-electron chi connectivity index (χ3n) is 2.28. The van der Waals surface area contributed by atoms with Gasteiger partial charge in [0, 0.05) is 17.8 Å². The number of nitrogens with one attached hydrogen (secondary N) is 2. The van der Waals surface area contributed by atoms with E-state index in [0.717, 1.165) is 18.7 Å². The fourth-order valence-electron chi connectivity index (χ4n) is 1.44. The van der Waals surface area contributed by atoms with Gasteiger partial charge in [-0.25, -0.2) is 4.98 Å². The molecule has 0 saturated carbocycles. The van der Waals surface area contributed by atoms with Crippen LogP contribution in [0.5, 0.6) is 0 Å². The molecule has 0 unspecified atom stereocenters. The molecule has 0 fully saturated rings. The van der Waals surface area contributed by atoms with Gasteiger partial charge < -0.3 is 16.4 Å². The molecule has 2 amide bonds. The molecule has 1 aromatic rings. The maximum Gasteiger partial charge on any atom is 0.251 e. The average molecular weight is 250 g/mol. The number of hydrogen-bond donors (Lipinski definition) is 3. The number of carbonyl (C=O) groups excluding carboxylic acids is 2. The van der Waals surface area contributed by atoms with Gasteiger partial charge in [0.05, 0.1) is 6.54 Å². The molecule has 0 radical (unpaired) electrons. The van der Waals surface area contributed by atoms with Crippen molar-refractivity contribution >= 4 is 17.6 Å². The monoisotopic (exact) mass is 250 g/mol. The van der Waals surface area contributed by atoms with E-state index < -0.39 is 5.91 Å². The van der Waals surface area contributed by atoms with Crippen molar-refractivity contribution in [1.29, 1.82) is 0 Å². The predicted molar refractivity (Wildman–Crippen MR) is 69.3 cm³/mol. The fraction of sp³-hybridized carbons (Fsp3) is 0.417. The van der Waals surface area contributed by atoms with Crippen LogP contribution >= 0.6 is 0 Å². The van der Waals surface area contributed by atoms with Crippen LogP contribution in [-0.2, 0) is 11.2 Å². The van der Waals surface area contributed by atoms with E-state index in [1.807, 2.05) is 13.8 Å². The van der Waals surface area contributed by atoms with Crippen molar-refractivity contribution in [3.05, 3.63) is 23.4 Å². The zero-order valence-corrected chi connectivity index (χ0v) is 10.6. The number of pyridine rings is 1. The molecule has 18 heavy (non-hydrogen) atoms. The molecule has 0 aliphatic carbocycles. The van der Waals surface area contributed by atoms with Gasteiger partial charge in [0.2, 0.25) is 5.91 Å². The van der Waals surface area contributed by atoms with Gasteiger partial charge in [0.25, 0.3) is 5.91 Å². The largest absolute Gasteiger partial charge is 0.370 e. The number of hydrogen-bond acceptors (Lipinski definition) is 4. The topological polar surface area (TPSA) is 97.1 Å². The summed E-state index contributed by atoms with van der Waals surface area (Å²) in [4.78, 5) is 26.7. The molecule has 6 nitrogen and oxygen atoms in total. The van der Waals surface area contributed by atoms with Gasteiger partial charge in [-0.3, -0.25) is 9.59 Å². The van der Waals surface area contributed by atoms with E-state index in [4.69, 9.17) is 5.73 Å². The van der Waals surface area contributed by atoms with E-state index in [9.17, 15) is 9.59 Å². The van der Waals surface area contributed by atoms with Gasteiger partial charge in [-0.1, -0.05) is 6.92 Å². The summed E-state index contributed by atoms with van der Waals surface area (Å²) >= 11 is 0. The van der Waals surface area contributed by atoms with Gasteiger partial charge in [-0.15, -0.1) is 0 Å². The molecule has 1 rings (SSSR count). The molecule has 0 bridgehead atoms. The van der Waals surface area contributed by atoms with Crippen LogP contribution in [0, 0.1) is 0 Å². The van der Waals surface area contributed by atoms with Crippen LogP contribution in [-0.4, -0.2) is 29.9 Å². The highest BCUT2D eigenvalue weighted by Gasteiger charge is 2.09. The number of amides is 2. The van der Waals surface area contributed by atoms with E-state index >= 15 is 0 Å². The fourth-order valence-corrected chi connectivity index (χ4v) is 1.44. The normalized spacial score (nSPS) is 9.89. The Balaban J connectivity index is 2.89. The van der Waals surface area contributed by atoms with Crippen LogP contribution in [0.4, 0.5) is 5.82 Å². The quantitative estimate of drug-likeness (QED) is 0.676. The highest BCUT2D eigenvalue weighted by atomic mass is 16.2. The van der Waals surface area contributed by atoms with Crippen molar-refractivity contribution in [3.8, 4) is 0 Å². The molecule has 0 aromatic carbocycles. The summed E-state index contributed by atoms with van der Waals surface area (Å²) in [5.41, 5.74) is 6.26. The SMILES string of the molecule is CCNc1cc(C(=O)NCC(N)=O)cc(CC)n1. The number of primary amides is 1. The van der Waals surface area contributed by atoms with E-state index in [1.54, 1.807) is 12.1 Å². The lowest BCUT2D eigenvalue weighted by Gasteiger charge is -2.08. The first kappa shape index (κ1) is 14.0. The van der Waals surface area contributed by atoms with Crippen molar-refractivity contribution < 1.29 is 9.59 Å². The highest BCUT2D eigenvalue weighted by Crippen LogP contribution is 2.11. The van der Waals surface area contributed by atoms with Crippen LogP contribution in [0.15, 0.2) is 12.1 Å². The Hall–Kier alpha value is -2.11. The summed E-state index contributed by atoms with van der Waals surface area (Å²) < 4.78 is 0. The molecule has 6 heteroatoms. The molecule has 1 heterocycles. The molecule has 0 aliphatic heterocycles. The zero-order chi connectivity index (χ0) is 13.5. The Kier molecular flexibility index (Phi) is 5.10. The van der Waals surface area contributed by atoms with Crippen molar-refractivity contribution in [2.24, 2.45) is 5.73 Å². The first-order valence-corrected chi connectivity index (χ1v) is 5.88. The van der Waals surface area contributed by atoms with Gasteiger partial charge in [0.1, 0.15) is 5.82 Å². The number of aromatic nitrogens is 1. The number of nitrogens with zero attached hydrogens (tertiary/aromatic N) is 1. The smallest absolute Gasteiger partial charge is 0.251 e. The van der Waals surface area contributed by atoms with Gasteiger partial charge in [-0.05, 0) is 25.5 Å². The second kappa shape index (κ2) is 6.58. The van der Waals surface area contributed by atoms with E-state index in [-0.39, 0.29) is 12.5 Å². The highest BCUT2D eigenvalue weighted by molar-refractivity contribution is 5.96. The maximum atomic E-state index is 11.8. The van der Waals surface area contributed by atoms with E-state index in [0.29, 0.717) is 11.4 Å². The van der Waals surface area contributed by atoms with Crippen LogP contribution in [0.25, 0.3) is 0 Å². The number of nitrogens with two attached hydrogens (primary N) is 1. The summed E-state index contributed by atoms with van der Waals surface area (Å²) in [5.74, 6) is -0.244. The molecule has 0 saturated heterocycles. The lowest BCUT2D eigenvalue weighted by Crippen LogP contribution is -2.33.